The van der Waals surface area contributed by atoms with Crippen molar-refractivity contribution >= 4 is 22.9 Å². The lowest BCUT2D eigenvalue weighted by molar-refractivity contribution is 0.0626. The van der Waals surface area contributed by atoms with Gasteiger partial charge >= 0.3 is 0 Å². The van der Waals surface area contributed by atoms with E-state index in [-0.39, 0.29) is 17.3 Å². The van der Waals surface area contributed by atoms with Crippen molar-refractivity contribution in [2.45, 2.75) is 6.54 Å². The Kier molecular flexibility index (Phi) is 6.78. The average molecular weight is 424 g/mol. The van der Waals surface area contributed by atoms with E-state index in [4.69, 9.17) is 4.74 Å². The van der Waals surface area contributed by atoms with Gasteiger partial charge in [-0.05, 0) is 24.3 Å². The second kappa shape index (κ2) is 9.29. The summed E-state index contributed by atoms with van der Waals surface area (Å²) in [7, 11) is 1.38. The van der Waals surface area contributed by atoms with Crippen molar-refractivity contribution in [3.8, 4) is 5.75 Å². The molecule has 0 aromatic heterocycles. The highest BCUT2D eigenvalue weighted by molar-refractivity contribution is 7.80. The molecule has 1 heterocycles. The van der Waals surface area contributed by atoms with E-state index in [2.05, 4.69) is 4.72 Å². The van der Waals surface area contributed by atoms with Gasteiger partial charge in [0, 0.05) is 61.2 Å². The summed E-state index contributed by atoms with van der Waals surface area (Å²) in [5, 5.41) is 0. The molecule has 3 rings (SSSR count). The van der Waals surface area contributed by atoms with Crippen LogP contribution in [0.25, 0.3) is 0 Å². The van der Waals surface area contributed by atoms with Crippen molar-refractivity contribution in [1.82, 2.24) is 9.80 Å². The lowest BCUT2D eigenvalue weighted by atomic mass is 10.1. The number of rotatable bonds is 6. The van der Waals surface area contributed by atoms with Crippen LogP contribution < -0.4 is 9.46 Å². The zero-order chi connectivity index (χ0) is 21.0. The van der Waals surface area contributed by atoms with Crippen molar-refractivity contribution in [3.63, 3.8) is 0 Å². The van der Waals surface area contributed by atoms with Gasteiger partial charge in [-0.1, -0.05) is 6.07 Å². The van der Waals surface area contributed by atoms with Gasteiger partial charge in [0.25, 0.3) is 5.91 Å². The van der Waals surface area contributed by atoms with Crippen LogP contribution in [0.2, 0.25) is 0 Å². The third-order valence-electron chi connectivity index (χ3n) is 4.71. The molecule has 1 unspecified atom stereocenters. The number of ether oxygens (including phenoxy) is 1. The van der Waals surface area contributed by atoms with Gasteiger partial charge in [0.05, 0.1) is 12.8 Å². The first-order chi connectivity index (χ1) is 13.9. The Morgan fingerprint density at radius 2 is 1.90 bits per heavy atom. The quantitative estimate of drug-likeness (QED) is 0.719. The molecule has 1 amide bonds. The Labute approximate surface area is 169 Å². The number of anilines is 1. The van der Waals surface area contributed by atoms with Crippen LogP contribution in [0.5, 0.6) is 5.75 Å². The van der Waals surface area contributed by atoms with Crippen LogP contribution in [0, 0.1) is 11.6 Å². The van der Waals surface area contributed by atoms with Crippen LogP contribution in [0.4, 0.5) is 14.5 Å². The average Bonchev–Trinajstić information content (AvgIpc) is 2.70. The molecule has 7 nitrogen and oxygen atoms in total. The van der Waals surface area contributed by atoms with Crippen LogP contribution in [-0.4, -0.2) is 57.8 Å². The van der Waals surface area contributed by atoms with Crippen LogP contribution in [0.1, 0.15) is 15.9 Å². The van der Waals surface area contributed by atoms with Gasteiger partial charge in [-0.25, -0.2) is 8.78 Å². The molecular formula is C19H20F2N3O4S-. The summed E-state index contributed by atoms with van der Waals surface area (Å²) < 4.78 is 55.8. The van der Waals surface area contributed by atoms with Crippen LogP contribution in [0.3, 0.4) is 0 Å². The molecule has 156 valence electrons. The first-order valence-electron chi connectivity index (χ1n) is 8.87. The summed E-state index contributed by atoms with van der Waals surface area (Å²) in [5.41, 5.74) is 1.03. The lowest BCUT2D eigenvalue weighted by Crippen LogP contribution is -2.48. The molecule has 1 aliphatic rings. The molecule has 0 bridgehead atoms. The van der Waals surface area contributed by atoms with Gasteiger partial charge in [0.15, 0.2) is 0 Å². The molecule has 1 aliphatic heterocycles. The molecule has 29 heavy (non-hydrogen) atoms. The summed E-state index contributed by atoms with van der Waals surface area (Å²) in [6.45, 7) is 2.35. The number of nitrogens with one attached hydrogen (secondary N) is 1. The van der Waals surface area contributed by atoms with E-state index in [9.17, 15) is 22.3 Å². The predicted octanol–water partition coefficient (Wildman–Crippen LogP) is 2.14. The highest BCUT2D eigenvalue weighted by atomic mass is 32.2. The van der Waals surface area contributed by atoms with E-state index in [1.807, 2.05) is 4.90 Å². The summed E-state index contributed by atoms with van der Waals surface area (Å²) >= 11 is -2.50. The molecule has 1 N–H and O–H groups in total. The summed E-state index contributed by atoms with van der Waals surface area (Å²) in [6, 6.07) is 8.00. The van der Waals surface area contributed by atoms with E-state index in [0.29, 0.717) is 43.9 Å². The predicted molar refractivity (Wildman–Crippen MR) is 103 cm³/mol. The summed E-state index contributed by atoms with van der Waals surface area (Å²) in [4.78, 5) is 16.4. The Bertz CT molecular complexity index is 920. The Hall–Kier alpha value is -2.56. The minimum atomic E-state index is -2.50. The maximum absolute atomic E-state index is 13.8. The number of hydrogen-bond donors (Lipinski definition) is 1. The van der Waals surface area contributed by atoms with Crippen molar-refractivity contribution < 1.29 is 27.1 Å². The van der Waals surface area contributed by atoms with Gasteiger partial charge < -0.3 is 18.9 Å². The van der Waals surface area contributed by atoms with E-state index in [0.717, 1.165) is 6.07 Å². The third kappa shape index (κ3) is 5.28. The van der Waals surface area contributed by atoms with E-state index < -0.39 is 22.9 Å². The second-order valence-corrected chi connectivity index (χ2v) is 7.23. The molecule has 1 saturated heterocycles. The van der Waals surface area contributed by atoms with E-state index in [1.165, 1.54) is 37.4 Å². The molecular weight excluding hydrogens is 404 g/mol. The Morgan fingerprint density at radius 3 is 2.52 bits per heavy atom. The SMILES string of the molecule is COc1cc(C(=O)N2CCN(Cc3ccc(F)cc3F)CC2)ccc1NS(=O)[O-]. The van der Waals surface area contributed by atoms with Crippen LogP contribution in [0.15, 0.2) is 36.4 Å². The zero-order valence-electron chi connectivity index (χ0n) is 15.7. The summed E-state index contributed by atoms with van der Waals surface area (Å²) in [5.74, 6) is -1.15. The highest BCUT2D eigenvalue weighted by Crippen LogP contribution is 2.26. The van der Waals surface area contributed by atoms with E-state index in [1.54, 1.807) is 4.90 Å². The fourth-order valence-electron chi connectivity index (χ4n) is 3.18. The molecule has 2 aromatic rings. The molecule has 0 radical (unpaired) electrons. The lowest BCUT2D eigenvalue weighted by Gasteiger charge is -2.35. The van der Waals surface area contributed by atoms with Crippen molar-refractivity contribution in [1.29, 1.82) is 0 Å². The molecule has 1 fully saturated rings. The van der Waals surface area contributed by atoms with Gasteiger partial charge in [-0.15, -0.1) is 0 Å². The Balaban J connectivity index is 1.61. The van der Waals surface area contributed by atoms with E-state index >= 15 is 0 Å². The van der Waals surface area contributed by atoms with Crippen molar-refractivity contribution in [2.24, 2.45) is 0 Å². The number of carbonyl (C=O) groups is 1. The fourth-order valence-corrected chi connectivity index (χ4v) is 3.53. The van der Waals surface area contributed by atoms with Crippen molar-refractivity contribution in [2.75, 3.05) is 38.0 Å². The normalized spacial score (nSPS) is 15.8. The number of methoxy groups -OCH3 is 1. The maximum atomic E-state index is 13.8. The number of carbonyl (C=O) groups excluding carboxylic acids is 1. The summed E-state index contributed by atoms with van der Waals surface area (Å²) in [6.07, 6.45) is 0. The number of halogens is 2. The van der Waals surface area contributed by atoms with Gasteiger partial charge in [-0.2, -0.15) is 0 Å². The zero-order valence-corrected chi connectivity index (χ0v) is 16.5. The minimum absolute atomic E-state index is 0.203. The number of hydrogen-bond acceptors (Lipinski definition) is 5. The Morgan fingerprint density at radius 1 is 1.17 bits per heavy atom. The second-order valence-electron chi connectivity index (χ2n) is 6.56. The topological polar surface area (TPSA) is 84.9 Å². The minimum Gasteiger partial charge on any atom is -0.755 e. The number of benzene rings is 2. The number of nitrogens with zero attached hydrogens (tertiary/aromatic N) is 2. The first-order valence-corrected chi connectivity index (χ1v) is 9.94. The van der Waals surface area contributed by atoms with Crippen molar-refractivity contribution in [3.05, 3.63) is 59.2 Å². The molecule has 0 spiro atoms. The number of amides is 1. The third-order valence-corrected chi connectivity index (χ3v) is 5.10. The van der Waals surface area contributed by atoms with Gasteiger partial charge in [0.1, 0.15) is 17.4 Å². The maximum Gasteiger partial charge on any atom is 0.254 e. The smallest absolute Gasteiger partial charge is 0.254 e. The van der Waals surface area contributed by atoms with Crippen LogP contribution in [-0.2, 0) is 17.8 Å². The number of piperazine rings is 1. The monoisotopic (exact) mass is 424 g/mol. The van der Waals surface area contributed by atoms with Gasteiger partial charge in [-0.3, -0.25) is 13.9 Å². The van der Waals surface area contributed by atoms with Gasteiger partial charge in [0.2, 0.25) is 0 Å². The molecule has 0 saturated carbocycles. The standard InChI is InChI=1S/C19H21F2N3O4S/c1-28-18-10-13(3-5-17(18)22-29(26)27)19(25)24-8-6-23(7-9-24)12-14-2-4-15(20)11-16(14)21/h2-5,10-11,22H,6-9,12H2,1H3,(H,26,27)/p-1. The fraction of sp³-hybridized carbons (Fsp3) is 0.316. The largest absolute Gasteiger partial charge is 0.755 e. The molecule has 1 atom stereocenters. The highest BCUT2D eigenvalue weighted by Gasteiger charge is 2.23. The van der Waals surface area contributed by atoms with Crippen LogP contribution >= 0.6 is 0 Å². The first kappa shape index (κ1) is 21.2. The molecule has 10 heteroatoms. The molecule has 2 aromatic carbocycles. The molecule has 0 aliphatic carbocycles.